The van der Waals surface area contributed by atoms with Crippen LogP contribution in [0.1, 0.15) is 5.56 Å². The third-order valence-electron chi connectivity index (χ3n) is 2.92. The van der Waals surface area contributed by atoms with E-state index in [2.05, 4.69) is 20.2 Å². The van der Waals surface area contributed by atoms with Crippen LogP contribution in [0.4, 0.5) is 10.1 Å². The van der Waals surface area contributed by atoms with Gasteiger partial charge in [0, 0.05) is 24.0 Å². The number of rotatable bonds is 3. The van der Waals surface area contributed by atoms with E-state index in [1.54, 1.807) is 31.6 Å². The predicted molar refractivity (Wildman–Crippen MR) is 75.2 cm³/mol. The van der Waals surface area contributed by atoms with Crippen molar-refractivity contribution in [3.8, 4) is 23.0 Å². The third kappa shape index (κ3) is 2.66. The molecule has 0 radical (unpaired) electrons. The topological polar surface area (TPSA) is 89.7 Å². The summed E-state index contributed by atoms with van der Waals surface area (Å²) in [5.74, 6) is -0.0637. The second kappa shape index (κ2) is 5.20. The molecule has 21 heavy (non-hydrogen) atoms. The Hall–Kier alpha value is -2.96. The van der Waals surface area contributed by atoms with Gasteiger partial charge in [0.05, 0.1) is 17.6 Å². The molecule has 2 aromatic heterocycles. The van der Waals surface area contributed by atoms with Crippen molar-refractivity contribution in [1.29, 1.82) is 0 Å². The zero-order chi connectivity index (χ0) is 14.8. The molecule has 0 bridgehead atoms. The van der Waals surface area contributed by atoms with Gasteiger partial charge in [-0.1, -0.05) is 0 Å². The second-order valence-electron chi connectivity index (χ2n) is 4.45. The molecule has 0 aliphatic carbocycles. The first-order valence-electron chi connectivity index (χ1n) is 6.19. The third-order valence-corrected chi connectivity index (χ3v) is 2.92. The molecule has 2 heterocycles. The van der Waals surface area contributed by atoms with E-state index < -0.39 is 5.82 Å². The molecule has 7 heteroatoms. The van der Waals surface area contributed by atoms with Gasteiger partial charge in [0.2, 0.25) is 0 Å². The van der Waals surface area contributed by atoms with E-state index in [9.17, 15) is 4.39 Å². The average molecular weight is 285 g/mol. The molecule has 0 saturated heterocycles. The molecular formula is C14H12FN5O. The smallest absolute Gasteiger partial charge is 0.322 e. The molecule has 0 unspecified atom stereocenters. The molecule has 0 fully saturated rings. The maximum Gasteiger partial charge on any atom is 0.322 e. The number of hydrogen-bond donors (Lipinski definition) is 2. The number of hydrogen-bond acceptors (Lipinski definition) is 5. The highest BCUT2D eigenvalue weighted by Gasteiger charge is 2.10. The lowest BCUT2D eigenvalue weighted by molar-refractivity contribution is 0.438. The van der Waals surface area contributed by atoms with E-state index in [0.29, 0.717) is 17.0 Å². The highest BCUT2D eigenvalue weighted by molar-refractivity contribution is 5.56. The average Bonchev–Trinajstić information content (AvgIpc) is 2.99. The fraction of sp³-hybridized carbons (Fsp3) is 0.0714. The summed E-state index contributed by atoms with van der Waals surface area (Å²) in [6, 6.07) is 4.62. The van der Waals surface area contributed by atoms with Crippen molar-refractivity contribution in [2.24, 2.45) is 0 Å². The van der Waals surface area contributed by atoms with Crippen LogP contribution in [0.15, 0.2) is 36.8 Å². The molecular weight excluding hydrogens is 273 g/mol. The van der Waals surface area contributed by atoms with Crippen molar-refractivity contribution in [3.05, 3.63) is 48.2 Å². The van der Waals surface area contributed by atoms with Crippen molar-refractivity contribution in [2.45, 2.75) is 6.92 Å². The minimum absolute atomic E-state index is 0.0154. The Labute approximate surface area is 119 Å². The van der Waals surface area contributed by atoms with Crippen LogP contribution in [0.25, 0.3) is 11.3 Å². The predicted octanol–water partition coefficient (Wildman–Crippen LogP) is 2.69. The Morgan fingerprint density at radius 2 is 2.19 bits per heavy atom. The van der Waals surface area contributed by atoms with Crippen LogP contribution in [0.2, 0.25) is 0 Å². The van der Waals surface area contributed by atoms with E-state index in [4.69, 9.17) is 10.5 Å². The van der Waals surface area contributed by atoms with Crippen molar-refractivity contribution in [1.82, 2.24) is 20.2 Å². The highest BCUT2D eigenvalue weighted by atomic mass is 19.1. The number of benzene rings is 1. The molecule has 3 N–H and O–H groups in total. The van der Waals surface area contributed by atoms with Crippen molar-refractivity contribution >= 4 is 5.69 Å². The van der Waals surface area contributed by atoms with Gasteiger partial charge in [0.25, 0.3) is 0 Å². The largest absolute Gasteiger partial charge is 0.424 e. The van der Waals surface area contributed by atoms with Crippen LogP contribution in [0, 0.1) is 12.7 Å². The molecule has 1 aromatic carbocycles. The van der Waals surface area contributed by atoms with Gasteiger partial charge in [0.15, 0.2) is 0 Å². The number of aryl methyl sites for hydroxylation is 1. The summed E-state index contributed by atoms with van der Waals surface area (Å²) in [4.78, 5) is 8.32. The van der Waals surface area contributed by atoms with Gasteiger partial charge in [0.1, 0.15) is 11.6 Å². The number of nitrogen functional groups attached to an aromatic ring is 1. The number of ether oxygens (including phenoxy) is 1. The zero-order valence-electron chi connectivity index (χ0n) is 11.2. The molecule has 0 aliphatic rings. The Morgan fingerprint density at radius 1 is 1.33 bits per heavy atom. The van der Waals surface area contributed by atoms with Gasteiger partial charge < -0.3 is 10.5 Å². The molecule has 0 aliphatic heterocycles. The summed E-state index contributed by atoms with van der Waals surface area (Å²) in [7, 11) is 0. The fourth-order valence-electron chi connectivity index (χ4n) is 1.82. The summed E-state index contributed by atoms with van der Waals surface area (Å²) in [5.41, 5.74) is 7.65. The molecule has 0 spiro atoms. The van der Waals surface area contributed by atoms with Crippen LogP contribution in [0.3, 0.4) is 0 Å². The van der Waals surface area contributed by atoms with Crippen LogP contribution >= 0.6 is 0 Å². The molecule has 3 aromatic rings. The van der Waals surface area contributed by atoms with E-state index in [1.165, 1.54) is 12.1 Å². The van der Waals surface area contributed by atoms with Gasteiger partial charge in [-0.2, -0.15) is 10.1 Å². The number of H-pyrrole nitrogens is 1. The molecule has 3 rings (SSSR count). The van der Waals surface area contributed by atoms with Crippen LogP contribution in [0.5, 0.6) is 11.8 Å². The monoisotopic (exact) mass is 285 g/mol. The maximum absolute atomic E-state index is 13.3. The number of anilines is 1. The summed E-state index contributed by atoms with van der Waals surface area (Å²) in [6.45, 7) is 1.72. The van der Waals surface area contributed by atoms with Crippen LogP contribution in [-0.4, -0.2) is 20.2 Å². The lowest BCUT2D eigenvalue weighted by Gasteiger charge is -2.09. The summed E-state index contributed by atoms with van der Waals surface area (Å²) in [6.07, 6.45) is 4.94. The van der Waals surface area contributed by atoms with Crippen LogP contribution in [-0.2, 0) is 0 Å². The normalized spacial score (nSPS) is 10.6. The van der Waals surface area contributed by atoms with E-state index in [-0.39, 0.29) is 11.7 Å². The Balaban J connectivity index is 1.92. The fourth-order valence-corrected chi connectivity index (χ4v) is 1.82. The number of aromatic nitrogens is 4. The number of nitrogens with two attached hydrogens (primary N) is 1. The number of halogens is 1. The Bertz CT molecular complexity index is 773. The van der Waals surface area contributed by atoms with E-state index in [0.717, 1.165) is 5.56 Å². The van der Waals surface area contributed by atoms with Gasteiger partial charge >= 0.3 is 6.01 Å². The SMILES string of the molecule is Cc1cc(F)c(N)cc1Oc1nccc(-c2cn[nH]c2)n1. The van der Waals surface area contributed by atoms with E-state index >= 15 is 0 Å². The quantitative estimate of drug-likeness (QED) is 0.722. The second-order valence-corrected chi connectivity index (χ2v) is 4.45. The lowest BCUT2D eigenvalue weighted by Crippen LogP contribution is -1.97. The molecule has 0 atom stereocenters. The highest BCUT2D eigenvalue weighted by Crippen LogP contribution is 2.27. The first kappa shape index (κ1) is 13.0. The summed E-state index contributed by atoms with van der Waals surface area (Å²) in [5, 5.41) is 6.57. The maximum atomic E-state index is 13.3. The summed E-state index contributed by atoms with van der Waals surface area (Å²) >= 11 is 0. The lowest BCUT2D eigenvalue weighted by atomic mass is 10.2. The Kier molecular flexibility index (Phi) is 3.23. The molecule has 106 valence electrons. The van der Waals surface area contributed by atoms with Crippen molar-refractivity contribution in [3.63, 3.8) is 0 Å². The minimum Gasteiger partial charge on any atom is -0.424 e. The number of nitrogens with zero attached hydrogens (tertiary/aromatic N) is 3. The number of aromatic amines is 1. The van der Waals surface area contributed by atoms with E-state index in [1.807, 2.05) is 0 Å². The minimum atomic E-state index is -0.479. The zero-order valence-corrected chi connectivity index (χ0v) is 11.2. The van der Waals surface area contributed by atoms with Gasteiger partial charge in [-0.15, -0.1) is 0 Å². The first-order chi connectivity index (χ1) is 10.1. The van der Waals surface area contributed by atoms with Crippen molar-refractivity contribution in [2.75, 3.05) is 5.73 Å². The standard InChI is InChI=1S/C14H12FN5O/c1-8-4-10(15)11(16)5-13(8)21-14-17-3-2-12(20-14)9-6-18-19-7-9/h2-7H,16H2,1H3,(H,18,19). The summed E-state index contributed by atoms with van der Waals surface area (Å²) < 4.78 is 18.9. The first-order valence-corrected chi connectivity index (χ1v) is 6.19. The van der Waals surface area contributed by atoms with Gasteiger partial charge in [-0.05, 0) is 24.6 Å². The van der Waals surface area contributed by atoms with Crippen molar-refractivity contribution < 1.29 is 9.13 Å². The molecule has 0 amide bonds. The van der Waals surface area contributed by atoms with Crippen LogP contribution < -0.4 is 10.5 Å². The number of nitrogens with one attached hydrogen (secondary N) is 1. The molecule has 0 saturated carbocycles. The van der Waals surface area contributed by atoms with Gasteiger partial charge in [-0.3, -0.25) is 5.10 Å². The molecule has 6 nitrogen and oxygen atoms in total. The Morgan fingerprint density at radius 3 is 2.95 bits per heavy atom. The van der Waals surface area contributed by atoms with Gasteiger partial charge in [-0.25, -0.2) is 9.37 Å².